The van der Waals surface area contributed by atoms with Crippen LogP contribution in [0.4, 0.5) is 0 Å². The molecule has 1 fully saturated rings. The van der Waals surface area contributed by atoms with Crippen molar-refractivity contribution in [1.82, 2.24) is 7.97 Å². The minimum atomic E-state index is -0.000000000000000111. The first-order valence-corrected chi connectivity index (χ1v) is 3.59. The summed E-state index contributed by atoms with van der Waals surface area (Å²) in [5.74, 6) is 0. The van der Waals surface area contributed by atoms with E-state index in [0.717, 1.165) is 0 Å². The molecule has 0 aromatic carbocycles. The molecule has 0 amide bonds. The maximum atomic E-state index is 2.92. The van der Waals surface area contributed by atoms with Gasteiger partial charge in [0.25, 0.3) is 0 Å². The molecule has 2 N–H and O–H groups in total. The topological polar surface area (TPSA) is 43.9 Å². The number of rotatable bonds is 0. The molecule has 0 spiro atoms. The summed E-state index contributed by atoms with van der Waals surface area (Å²) in [5.41, 5.74) is 0. The van der Waals surface area contributed by atoms with E-state index in [1.165, 1.54) is 0 Å². The first-order valence-electron chi connectivity index (χ1n) is 0.658. The average Bonchev–Trinajstić information content (AvgIpc) is 1.46. The van der Waals surface area contributed by atoms with Crippen molar-refractivity contribution in [2.24, 2.45) is 0 Å². The van der Waals surface area contributed by atoms with Crippen molar-refractivity contribution in [3.8, 4) is 0 Å². The molecule has 1 unspecified atom stereocenters. The molecule has 1 saturated heterocycles. The molecule has 1 atom stereocenters. The van der Waals surface area contributed by atoms with Gasteiger partial charge in [-0.15, -0.1) is 0 Å². The normalized spacial score (nSPS) is 14.4. The van der Waals surface area contributed by atoms with Crippen molar-refractivity contribution in [3.05, 3.63) is 0 Å². The van der Waals surface area contributed by atoms with Crippen LogP contribution in [0, 0.1) is 0 Å². The summed E-state index contributed by atoms with van der Waals surface area (Å²) in [5, 5.41) is 0. The molecule has 5 heavy (non-hydrogen) atoms. The minimum absolute atomic E-state index is 0. The van der Waals surface area contributed by atoms with Gasteiger partial charge in [0, 0.05) is 16.8 Å². The molecule has 0 bridgehead atoms. The van der Waals surface area contributed by atoms with E-state index in [4.69, 9.17) is 0 Å². The van der Waals surface area contributed by atoms with Gasteiger partial charge in [-0.25, -0.2) is 0 Å². The number of nitrogens with one attached hydrogen (secondary N) is 2. The van der Waals surface area contributed by atoms with E-state index in [1.807, 2.05) is 0 Å². The Hall–Kier alpha value is 1.54. The van der Waals surface area contributed by atoms with Gasteiger partial charge in [0.1, 0.15) is 0 Å². The van der Waals surface area contributed by atoms with Crippen LogP contribution in [0.1, 0.15) is 0 Å². The molecule has 0 aliphatic carbocycles. The van der Waals surface area contributed by atoms with Gasteiger partial charge in [-0.05, 0) is 0 Å². The third kappa shape index (κ3) is 10.8. The number of hydrazine groups is 1. The Labute approximate surface area is 53.8 Å². The van der Waals surface area contributed by atoms with Crippen LogP contribution >= 0.6 is 9.90 Å². The molecule has 1 aliphatic heterocycles. The van der Waals surface area contributed by atoms with Crippen molar-refractivity contribution < 1.29 is 35.8 Å². The Morgan fingerprint density at radius 3 is 1.40 bits per heavy atom. The SMILES string of the molecule is P.[Co].[NH]1[NH][W]1. The van der Waals surface area contributed by atoms with E-state index in [2.05, 4.69) is 7.97 Å². The summed E-state index contributed by atoms with van der Waals surface area (Å²) in [6.07, 6.45) is 0. The van der Waals surface area contributed by atoms with Gasteiger partial charge in [-0.1, -0.05) is 0 Å². The molecule has 0 aromatic heterocycles. The van der Waals surface area contributed by atoms with Gasteiger partial charge in [0.2, 0.25) is 0 Å². The van der Waals surface area contributed by atoms with E-state index < -0.39 is 0 Å². The Balaban J connectivity index is 0. The first-order chi connectivity index (χ1) is 1.50. The molecule has 35 valence electrons. The van der Waals surface area contributed by atoms with Crippen LogP contribution in [0.3, 0.4) is 0 Å². The predicted octanol–water partition coefficient (Wildman–Crippen LogP) is -0.938. The Kier molecular flexibility index (Phi) is 10.8. The van der Waals surface area contributed by atoms with Gasteiger partial charge in [0.15, 0.2) is 0 Å². The van der Waals surface area contributed by atoms with E-state index >= 15 is 0 Å². The van der Waals surface area contributed by atoms with Crippen molar-refractivity contribution in [2.45, 2.75) is 0 Å². The third-order valence-corrected chi connectivity index (χ3v) is 0.835. The molecular weight excluding hydrogens is 302 g/mol. The van der Waals surface area contributed by atoms with E-state index in [1.54, 1.807) is 0 Å². The molecule has 1 radical (unpaired) electrons. The second-order valence-electron chi connectivity index (χ2n) is 0.306. The van der Waals surface area contributed by atoms with Crippen molar-refractivity contribution in [3.63, 3.8) is 0 Å². The second kappa shape index (κ2) is 5.54. The summed E-state index contributed by atoms with van der Waals surface area (Å²) < 4.78 is 5.83. The van der Waals surface area contributed by atoms with E-state index in [0.29, 0.717) is 0 Å². The fourth-order valence-electron chi connectivity index (χ4n) is 0. The molecule has 1 aliphatic rings. The summed E-state index contributed by atoms with van der Waals surface area (Å²) in [6, 6.07) is 0. The molecule has 1 rings (SSSR count). The zero-order chi connectivity index (χ0) is 2.12. The van der Waals surface area contributed by atoms with Gasteiger partial charge in [-0.3, -0.25) is 0 Å². The van der Waals surface area contributed by atoms with Crippen LogP contribution in [0.5, 0.6) is 0 Å². The zero-order valence-electron chi connectivity index (χ0n) is 2.45. The van der Waals surface area contributed by atoms with Crippen molar-refractivity contribution in [2.75, 3.05) is 0 Å². The van der Waals surface area contributed by atoms with E-state index in [-0.39, 0.29) is 45.7 Å². The maximum absolute atomic E-state index is 2.92. The Morgan fingerprint density at radius 2 is 1.40 bits per heavy atom. The quantitative estimate of drug-likeness (QED) is 0.448. The van der Waals surface area contributed by atoms with Crippen LogP contribution in [0.25, 0.3) is 0 Å². The van der Waals surface area contributed by atoms with Gasteiger partial charge in [-0.2, -0.15) is 9.90 Å². The third-order valence-electron chi connectivity index (χ3n) is 0.102. The number of hydrogen-bond donors (Lipinski definition) is 2. The Bertz CT molecular complexity index is 14.4. The van der Waals surface area contributed by atoms with Crippen LogP contribution < -0.4 is 7.97 Å². The Morgan fingerprint density at radius 1 is 1.20 bits per heavy atom. The molecule has 1 heterocycles. The summed E-state index contributed by atoms with van der Waals surface area (Å²) in [7, 11) is 0. The monoisotopic (exact) mass is 307 g/mol. The zero-order valence-corrected chi connectivity index (χ0v) is 7.84. The summed E-state index contributed by atoms with van der Waals surface area (Å²) in [6.45, 7) is 0. The fraction of sp³-hybridized carbons (Fsp3) is 0. The van der Waals surface area contributed by atoms with Crippen LogP contribution in [-0.4, -0.2) is 0 Å². The van der Waals surface area contributed by atoms with Crippen molar-refractivity contribution >= 4 is 9.90 Å². The van der Waals surface area contributed by atoms with Gasteiger partial charge in [0.05, 0.1) is 0 Å². The summed E-state index contributed by atoms with van der Waals surface area (Å²) in [4.78, 5) is 0. The molecule has 5 heteroatoms. The average molecular weight is 307 g/mol. The first kappa shape index (κ1) is 9.74. The van der Waals surface area contributed by atoms with Gasteiger partial charge >= 0.3 is 27.0 Å². The fourth-order valence-corrected chi connectivity index (χ4v) is 0. The molecule has 0 saturated carbocycles. The van der Waals surface area contributed by atoms with Crippen LogP contribution in [-0.2, 0) is 35.8 Å². The van der Waals surface area contributed by atoms with Gasteiger partial charge < -0.3 is 0 Å². The van der Waals surface area contributed by atoms with Crippen LogP contribution in [0.15, 0.2) is 0 Å². The molecular formula is H5CoN2PW. The standard InChI is InChI=1S/Co.H2N2.H3P.W/c;1-2;;/h;1-2H;1H3;/q;-2;;+2. The van der Waals surface area contributed by atoms with Crippen molar-refractivity contribution in [1.29, 1.82) is 0 Å². The summed E-state index contributed by atoms with van der Waals surface area (Å²) >= 11 is -0.000000000000000111. The molecule has 2 nitrogen and oxygen atoms in total. The van der Waals surface area contributed by atoms with Crippen LogP contribution in [0.2, 0.25) is 0 Å². The molecule has 0 aromatic rings. The second-order valence-corrected chi connectivity index (χ2v) is 2.51. The number of hydrogen-bond acceptors (Lipinski definition) is 2. The predicted molar refractivity (Wildman–Crippen MR) is 17.4 cm³/mol. The van der Waals surface area contributed by atoms with E-state index in [9.17, 15) is 0 Å².